The highest BCUT2D eigenvalue weighted by Crippen LogP contribution is 2.28. The fraction of sp³-hybridized carbons (Fsp3) is 0.625. The van der Waals surface area contributed by atoms with Crippen molar-refractivity contribution in [3.05, 3.63) is 28.2 Å². The van der Waals surface area contributed by atoms with Gasteiger partial charge in [-0.1, -0.05) is 35.8 Å². The monoisotopic (exact) mass is 356 g/mol. The summed E-state index contributed by atoms with van der Waals surface area (Å²) in [6.45, 7) is 8.93. The highest BCUT2D eigenvalue weighted by Gasteiger charge is 2.20. The van der Waals surface area contributed by atoms with Crippen molar-refractivity contribution in [3.63, 3.8) is 0 Å². The third-order valence-electron chi connectivity index (χ3n) is 3.75. The molecule has 0 aromatic heterocycles. The summed E-state index contributed by atoms with van der Waals surface area (Å²) in [6.07, 6.45) is 2.70. The smallest absolute Gasteiger partial charge is 0.0219 e. The first-order chi connectivity index (χ1) is 9.72. The quantitative estimate of drug-likeness (QED) is 0.669. The third-order valence-corrected chi connectivity index (χ3v) is 5.32. The molecule has 0 heterocycles. The molecule has 0 spiro atoms. The number of benzene rings is 1. The molecule has 2 rings (SSSR count). The number of halogens is 1. The molecule has 0 aliphatic heterocycles. The molecule has 1 aromatic carbocycles. The van der Waals surface area contributed by atoms with Crippen molar-refractivity contribution in [1.82, 2.24) is 10.2 Å². The fourth-order valence-electron chi connectivity index (χ4n) is 2.18. The Bertz CT molecular complexity index is 417. The van der Waals surface area contributed by atoms with Crippen LogP contribution in [-0.4, -0.2) is 36.3 Å². The van der Waals surface area contributed by atoms with Gasteiger partial charge >= 0.3 is 0 Å². The second-order valence-corrected chi connectivity index (χ2v) is 7.33. The van der Waals surface area contributed by atoms with Crippen LogP contribution in [-0.2, 0) is 6.54 Å². The summed E-state index contributed by atoms with van der Waals surface area (Å²) < 4.78 is 1.18. The normalized spacial score (nSPS) is 15.0. The molecule has 112 valence electrons. The van der Waals surface area contributed by atoms with E-state index < -0.39 is 0 Å². The summed E-state index contributed by atoms with van der Waals surface area (Å²) in [4.78, 5) is 3.90. The molecule has 0 bridgehead atoms. The van der Waals surface area contributed by atoms with Crippen molar-refractivity contribution in [3.8, 4) is 0 Å². The van der Waals surface area contributed by atoms with E-state index >= 15 is 0 Å². The Morgan fingerprint density at radius 3 is 2.70 bits per heavy atom. The van der Waals surface area contributed by atoms with Crippen LogP contribution in [0.3, 0.4) is 0 Å². The first-order valence-electron chi connectivity index (χ1n) is 7.59. The average molecular weight is 357 g/mol. The molecule has 4 heteroatoms. The topological polar surface area (TPSA) is 15.3 Å². The van der Waals surface area contributed by atoms with E-state index in [0.29, 0.717) is 0 Å². The van der Waals surface area contributed by atoms with E-state index in [-0.39, 0.29) is 0 Å². The summed E-state index contributed by atoms with van der Waals surface area (Å²) in [7, 11) is 0. The molecule has 0 unspecified atom stereocenters. The van der Waals surface area contributed by atoms with E-state index in [1.165, 1.54) is 34.3 Å². The van der Waals surface area contributed by atoms with Gasteiger partial charge in [0.1, 0.15) is 0 Å². The number of thioether (sulfide) groups is 1. The van der Waals surface area contributed by atoms with Crippen LogP contribution in [0, 0.1) is 0 Å². The second kappa shape index (κ2) is 8.42. The van der Waals surface area contributed by atoms with Gasteiger partial charge < -0.3 is 10.2 Å². The first kappa shape index (κ1) is 16.3. The maximum Gasteiger partial charge on any atom is 0.0219 e. The van der Waals surface area contributed by atoms with E-state index in [9.17, 15) is 0 Å². The van der Waals surface area contributed by atoms with Crippen LogP contribution >= 0.6 is 27.7 Å². The summed E-state index contributed by atoms with van der Waals surface area (Å²) >= 11 is 5.57. The molecule has 1 aromatic rings. The van der Waals surface area contributed by atoms with E-state index in [0.717, 1.165) is 31.4 Å². The van der Waals surface area contributed by atoms with Gasteiger partial charge in [-0.05, 0) is 43.6 Å². The summed E-state index contributed by atoms with van der Waals surface area (Å²) in [5, 5.41) is 3.62. The van der Waals surface area contributed by atoms with Crippen molar-refractivity contribution in [2.24, 2.45) is 0 Å². The Kier molecular flexibility index (Phi) is 6.88. The Morgan fingerprint density at radius 2 is 2.05 bits per heavy atom. The molecule has 20 heavy (non-hydrogen) atoms. The molecule has 1 saturated carbocycles. The minimum Gasteiger partial charge on any atom is -0.310 e. The minimum atomic E-state index is 0.771. The molecule has 0 amide bonds. The Balaban J connectivity index is 1.88. The minimum absolute atomic E-state index is 0.771. The summed E-state index contributed by atoms with van der Waals surface area (Å²) in [6, 6.07) is 7.43. The van der Waals surface area contributed by atoms with Crippen LogP contribution in [0.4, 0.5) is 0 Å². The molecular formula is C16H25BrN2S. The van der Waals surface area contributed by atoms with Crippen LogP contribution in [0.5, 0.6) is 0 Å². The zero-order chi connectivity index (χ0) is 14.4. The molecular weight excluding hydrogens is 332 g/mol. The van der Waals surface area contributed by atoms with Crippen LogP contribution in [0.1, 0.15) is 32.3 Å². The summed E-state index contributed by atoms with van der Waals surface area (Å²) in [5.41, 5.74) is 1.43. The van der Waals surface area contributed by atoms with Gasteiger partial charge in [-0.2, -0.15) is 0 Å². The Labute approximate surface area is 135 Å². The molecule has 1 N–H and O–H groups in total. The lowest BCUT2D eigenvalue weighted by atomic mass is 10.2. The maximum atomic E-state index is 3.62. The van der Waals surface area contributed by atoms with Gasteiger partial charge in [0, 0.05) is 34.3 Å². The number of nitrogens with one attached hydrogen (secondary N) is 1. The van der Waals surface area contributed by atoms with Gasteiger partial charge in [0.2, 0.25) is 0 Å². The van der Waals surface area contributed by atoms with Crippen molar-refractivity contribution in [2.75, 3.05) is 25.4 Å². The van der Waals surface area contributed by atoms with Gasteiger partial charge in [0.15, 0.2) is 0 Å². The van der Waals surface area contributed by atoms with E-state index in [4.69, 9.17) is 0 Å². The predicted molar refractivity (Wildman–Crippen MR) is 92.5 cm³/mol. The van der Waals surface area contributed by atoms with Crippen molar-refractivity contribution in [2.45, 2.75) is 44.2 Å². The van der Waals surface area contributed by atoms with Crippen LogP contribution in [0.25, 0.3) is 0 Å². The zero-order valence-electron chi connectivity index (χ0n) is 12.5. The standard InChI is InChI=1S/C16H25BrN2S/c1-3-19(4-2)9-10-20-16-11-14(17)6-5-13(16)12-18-15-7-8-15/h5-6,11,15,18H,3-4,7-10,12H2,1-2H3. The number of hydrogen-bond acceptors (Lipinski definition) is 3. The predicted octanol–water partition coefficient (Wildman–Crippen LogP) is 4.14. The van der Waals surface area contributed by atoms with Crippen LogP contribution in [0.2, 0.25) is 0 Å². The zero-order valence-corrected chi connectivity index (χ0v) is 14.9. The molecule has 1 aliphatic carbocycles. The average Bonchev–Trinajstić information content (AvgIpc) is 3.27. The lowest BCUT2D eigenvalue weighted by Crippen LogP contribution is -2.25. The highest BCUT2D eigenvalue weighted by atomic mass is 79.9. The Hall–Kier alpha value is -0.0300. The van der Waals surface area contributed by atoms with E-state index in [1.807, 2.05) is 11.8 Å². The van der Waals surface area contributed by atoms with E-state index in [1.54, 1.807) is 0 Å². The van der Waals surface area contributed by atoms with Crippen molar-refractivity contribution < 1.29 is 0 Å². The Morgan fingerprint density at radius 1 is 1.30 bits per heavy atom. The molecule has 1 fully saturated rings. The van der Waals surface area contributed by atoms with Gasteiger partial charge in [-0.25, -0.2) is 0 Å². The van der Waals surface area contributed by atoms with Gasteiger partial charge in [-0.15, -0.1) is 11.8 Å². The molecule has 0 saturated heterocycles. The lowest BCUT2D eigenvalue weighted by Gasteiger charge is -2.18. The number of hydrogen-bond donors (Lipinski definition) is 1. The number of rotatable bonds is 9. The molecule has 0 atom stereocenters. The van der Waals surface area contributed by atoms with Gasteiger partial charge in [0.05, 0.1) is 0 Å². The van der Waals surface area contributed by atoms with Crippen molar-refractivity contribution in [1.29, 1.82) is 0 Å². The molecule has 2 nitrogen and oxygen atoms in total. The van der Waals surface area contributed by atoms with Crippen molar-refractivity contribution >= 4 is 27.7 Å². The van der Waals surface area contributed by atoms with Gasteiger partial charge in [0.25, 0.3) is 0 Å². The van der Waals surface area contributed by atoms with Gasteiger partial charge in [-0.3, -0.25) is 0 Å². The SMILES string of the molecule is CCN(CC)CCSc1cc(Br)ccc1CNC1CC1. The maximum absolute atomic E-state index is 3.62. The fourth-order valence-corrected chi connectivity index (χ4v) is 3.79. The largest absolute Gasteiger partial charge is 0.310 e. The third kappa shape index (κ3) is 5.40. The highest BCUT2D eigenvalue weighted by molar-refractivity contribution is 9.10. The number of nitrogens with zero attached hydrogens (tertiary/aromatic N) is 1. The molecule has 0 radical (unpaired) electrons. The van der Waals surface area contributed by atoms with E-state index in [2.05, 4.69) is 58.2 Å². The second-order valence-electron chi connectivity index (χ2n) is 5.28. The first-order valence-corrected chi connectivity index (χ1v) is 9.37. The van der Waals surface area contributed by atoms with Crippen LogP contribution < -0.4 is 5.32 Å². The lowest BCUT2D eigenvalue weighted by molar-refractivity contribution is 0.324. The van der Waals surface area contributed by atoms with Crippen LogP contribution in [0.15, 0.2) is 27.6 Å². The molecule has 1 aliphatic rings. The summed E-state index contributed by atoms with van der Waals surface area (Å²) in [5.74, 6) is 1.16.